The molecule has 0 radical (unpaired) electrons. The van der Waals surface area contributed by atoms with Crippen LogP contribution in [0.5, 0.6) is 6.01 Å². The number of likely N-dealkylation sites (tertiary alicyclic amines) is 1. The number of benzene rings is 1. The topological polar surface area (TPSA) is 137 Å². The van der Waals surface area contributed by atoms with Crippen molar-refractivity contribution in [3.8, 4) is 6.01 Å². The van der Waals surface area contributed by atoms with E-state index in [-0.39, 0.29) is 30.7 Å². The van der Waals surface area contributed by atoms with Gasteiger partial charge in [0.2, 0.25) is 11.6 Å². The molecule has 0 atom stereocenters. The second-order valence-electron chi connectivity index (χ2n) is 9.14. The fourth-order valence-electron chi connectivity index (χ4n) is 4.29. The van der Waals surface area contributed by atoms with E-state index in [0.717, 1.165) is 37.2 Å². The van der Waals surface area contributed by atoms with E-state index in [2.05, 4.69) is 20.9 Å². The quantitative estimate of drug-likeness (QED) is 0.272. The Bertz CT molecular complexity index is 1050. The van der Waals surface area contributed by atoms with E-state index >= 15 is 0 Å². The SMILES string of the molecule is COC(=O)CN(Cc1cccc(CN2CCCC2)c1)c1nc(OCCC2CC2)nc(N)c1[N+](=O)[O-]. The predicted octanol–water partition coefficient (Wildman–Crippen LogP) is 2.92. The van der Waals surface area contributed by atoms with Gasteiger partial charge in [0, 0.05) is 13.1 Å². The van der Waals surface area contributed by atoms with Crippen LogP contribution in [-0.4, -0.2) is 59.1 Å². The first-order valence-electron chi connectivity index (χ1n) is 12.0. The number of rotatable bonds is 12. The van der Waals surface area contributed by atoms with Crippen LogP contribution < -0.4 is 15.4 Å². The molecule has 2 heterocycles. The first kappa shape index (κ1) is 24.6. The maximum absolute atomic E-state index is 12.2. The fourth-order valence-corrected chi connectivity index (χ4v) is 4.29. The molecule has 2 N–H and O–H groups in total. The normalized spacial score (nSPS) is 15.7. The largest absolute Gasteiger partial charge is 0.468 e. The van der Waals surface area contributed by atoms with Gasteiger partial charge in [0.15, 0.2) is 0 Å². The van der Waals surface area contributed by atoms with E-state index < -0.39 is 16.6 Å². The monoisotopic (exact) mass is 484 g/mol. The van der Waals surface area contributed by atoms with E-state index in [0.29, 0.717) is 12.5 Å². The number of nitrogens with zero attached hydrogens (tertiary/aromatic N) is 5. The van der Waals surface area contributed by atoms with Crippen molar-refractivity contribution in [2.45, 2.75) is 45.2 Å². The Labute approximate surface area is 204 Å². The molecular weight excluding hydrogens is 452 g/mol. The number of ether oxygens (including phenoxy) is 2. The van der Waals surface area contributed by atoms with Crippen LogP contribution in [-0.2, 0) is 22.6 Å². The van der Waals surface area contributed by atoms with Crippen LogP contribution in [0.4, 0.5) is 17.3 Å². The highest BCUT2D eigenvalue weighted by Crippen LogP contribution is 2.35. The number of aromatic nitrogens is 2. The molecule has 4 rings (SSSR count). The number of carbonyl (C=O) groups excluding carboxylic acids is 1. The lowest BCUT2D eigenvalue weighted by Crippen LogP contribution is -2.32. The molecule has 1 saturated carbocycles. The van der Waals surface area contributed by atoms with Gasteiger partial charge in [-0.05, 0) is 49.4 Å². The molecule has 0 bridgehead atoms. The summed E-state index contributed by atoms with van der Waals surface area (Å²) in [6.45, 7) is 3.35. The zero-order valence-corrected chi connectivity index (χ0v) is 20.0. The van der Waals surface area contributed by atoms with Crippen molar-refractivity contribution in [1.29, 1.82) is 0 Å². The first-order chi connectivity index (χ1) is 16.9. The lowest BCUT2D eigenvalue weighted by molar-refractivity contribution is -0.383. The summed E-state index contributed by atoms with van der Waals surface area (Å²) in [6.07, 6.45) is 5.64. The number of nitrogen functional groups attached to an aromatic ring is 1. The minimum Gasteiger partial charge on any atom is -0.468 e. The average molecular weight is 485 g/mol. The molecule has 188 valence electrons. The predicted molar refractivity (Wildman–Crippen MR) is 130 cm³/mol. The molecule has 11 heteroatoms. The number of carbonyl (C=O) groups is 1. The number of nitro groups is 1. The van der Waals surface area contributed by atoms with Gasteiger partial charge in [-0.2, -0.15) is 9.97 Å². The fraction of sp³-hybridized carbons (Fsp3) is 0.542. The summed E-state index contributed by atoms with van der Waals surface area (Å²) in [7, 11) is 1.27. The Hall–Kier alpha value is -3.47. The van der Waals surface area contributed by atoms with Crippen LogP contribution in [0.2, 0.25) is 0 Å². The van der Waals surface area contributed by atoms with Crippen LogP contribution >= 0.6 is 0 Å². The molecule has 2 aliphatic rings. The molecule has 1 aliphatic carbocycles. The van der Waals surface area contributed by atoms with Crippen LogP contribution in [0.15, 0.2) is 24.3 Å². The van der Waals surface area contributed by atoms with Gasteiger partial charge < -0.3 is 20.1 Å². The molecule has 1 aromatic heterocycles. The lowest BCUT2D eigenvalue weighted by atomic mass is 10.1. The van der Waals surface area contributed by atoms with E-state index in [9.17, 15) is 14.9 Å². The van der Waals surface area contributed by atoms with Gasteiger partial charge in [-0.3, -0.25) is 19.8 Å². The molecule has 2 aromatic rings. The van der Waals surface area contributed by atoms with Crippen molar-refractivity contribution < 1.29 is 19.2 Å². The maximum Gasteiger partial charge on any atom is 0.353 e. The van der Waals surface area contributed by atoms with Gasteiger partial charge in [0.05, 0.1) is 18.6 Å². The van der Waals surface area contributed by atoms with Gasteiger partial charge in [-0.1, -0.05) is 37.1 Å². The Balaban J connectivity index is 1.61. The zero-order chi connectivity index (χ0) is 24.8. The van der Waals surface area contributed by atoms with E-state index in [1.165, 1.54) is 37.7 Å². The second kappa shape index (κ2) is 11.3. The Morgan fingerprint density at radius 3 is 2.69 bits per heavy atom. The van der Waals surface area contributed by atoms with E-state index in [4.69, 9.17) is 15.2 Å². The molecular formula is C24H32N6O5. The van der Waals surface area contributed by atoms with Crippen LogP contribution in [0.1, 0.15) is 43.2 Å². The molecule has 0 spiro atoms. The first-order valence-corrected chi connectivity index (χ1v) is 12.0. The third kappa shape index (κ3) is 6.78. The van der Waals surface area contributed by atoms with Crippen molar-refractivity contribution in [3.05, 3.63) is 45.5 Å². The summed E-state index contributed by atoms with van der Waals surface area (Å²) in [5.41, 5.74) is 7.52. The van der Waals surface area contributed by atoms with Gasteiger partial charge in [0.25, 0.3) is 0 Å². The molecule has 35 heavy (non-hydrogen) atoms. The molecule has 2 fully saturated rings. The van der Waals surface area contributed by atoms with Gasteiger partial charge in [-0.15, -0.1) is 0 Å². The van der Waals surface area contributed by atoms with E-state index in [1.54, 1.807) is 0 Å². The van der Waals surface area contributed by atoms with Gasteiger partial charge in [-0.25, -0.2) is 0 Å². The summed E-state index contributed by atoms with van der Waals surface area (Å²) < 4.78 is 10.5. The smallest absolute Gasteiger partial charge is 0.353 e. The molecule has 0 amide bonds. The zero-order valence-electron chi connectivity index (χ0n) is 20.0. The molecule has 0 unspecified atom stereocenters. The van der Waals surface area contributed by atoms with Crippen molar-refractivity contribution in [3.63, 3.8) is 0 Å². The van der Waals surface area contributed by atoms with Crippen LogP contribution in [0.25, 0.3) is 0 Å². The molecule has 1 saturated heterocycles. The third-order valence-corrected chi connectivity index (χ3v) is 6.33. The van der Waals surface area contributed by atoms with Gasteiger partial charge in [0.1, 0.15) is 6.54 Å². The number of nitrogens with two attached hydrogens (primary N) is 1. The van der Waals surface area contributed by atoms with Gasteiger partial charge >= 0.3 is 17.7 Å². The highest BCUT2D eigenvalue weighted by molar-refractivity contribution is 5.78. The average Bonchev–Trinajstić information content (AvgIpc) is 3.51. The summed E-state index contributed by atoms with van der Waals surface area (Å²) in [5, 5.41) is 11.9. The molecule has 11 nitrogen and oxygen atoms in total. The minimum atomic E-state index is -0.632. The molecule has 1 aromatic carbocycles. The summed E-state index contributed by atoms with van der Waals surface area (Å²) >= 11 is 0. The van der Waals surface area contributed by atoms with Crippen molar-refractivity contribution >= 4 is 23.3 Å². The number of esters is 1. The summed E-state index contributed by atoms with van der Waals surface area (Å²) in [6, 6.07) is 7.93. The summed E-state index contributed by atoms with van der Waals surface area (Å²) in [5.74, 6) is -0.284. The number of methoxy groups -OCH3 is 1. The van der Waals surface area contributed by atoms with E-state index in [1.807, 2.05) is 18.2 Å². The number of hydrogen-bond donors (Lipinski definition) is 1. The number of hydrogen-bond acceptors (Lipinski definition) is 10. The lowest BCUT2D eigenvalue weighted by Gasteiger charge is -2.23. The van der Waals surface area contributed by atoms with Crippen molar-refractivity contribution in [2.24, 2.45) is 5.92 Å². The Kier molecular flexibility index (Phi) is 7.96. The second-order valence-corrected chi connectivity index (χ2v) is 9.14. The Morgan fingerprint density at radius 2 is 2.00 bits per heavy atom. The third-order valence-electron chi connectivity index (χ3n) is 6.33. The van der Waals surface area contributed by atoms with Crippen LogP contribution in [0.3, 0.4) is 0 Å². The standard InChI is InChI=1S/C24H32N6O5/c1-34-20(31)16-29(15-19-6-4-5-18(13-19)14-28-10-2-3-11-28)23-21(30(32)33)22(25)26-24(27-23)35-12-9-17-7-8-17/h4-6,13,17H,2-3,7-12,14-16H2,1H3,(H2,25,26,27). The maximum atomic E-state index is 12.2. The minimum absolute atomic E-state index is 0.0404. The molecule has 1 aliphatic heterocycles. The van der Waals surface area contributed by atoms with Crippen molar-refractivity contribution in [2.75, 3.05) is 44.0 Å². The highest BCUT2D eigenvalue weighted by Gasteiger charge is 2.30. The highest BCUT2D eigenvalue weighted by atomic mass is 16.6. The number of anilines is 2. The Morgan fingerprint density at radius 1 is 1.26 bits per heavy atom. The summed E-state index contributed by atoms with van der Waals surface area (Å²) in [4.78, 5) is 35.7. The van der Waals surface area contributed by atoms with Crippen LogP contribution in [0, 0.1) is 16.0 Å². The van der Waals surface area contributed by atoms with Crippen molar-refractivity contribution in [1.82, 2.24) is 14.9 Å².